The second-order valence-corrected chi connectivity index (χ2v) is 6.93. The van der Waals surface area contributed by atoms with Crippen molar-refractivity contribution in [3.63, 3.8) is 0 Å². The number of methoxy groups -OCH3 is 1. The molecule has 2 rings (SSSR count). The average Bonchev–Trinajstić information content (AvgIpc) is 2.47. The van der Waals surface area contributed by atoms with E-state index in [1.165, 1.54) is 0 Å². The van der Waals surface area contributed by atoms with Gasteiger partial charge in [-0.2, -0.15) is 0 Å². The zero-order chi connectivity index (χ0) is 15.5. The normalized spacial score (nSPS) is 12.9. The van der Waals surface area contributed by atoms with Gasteiger partial charge in [0.1, 0.15) is 5.75 Å². The van der Waals surface area contributed by atoms with E-state index in [1.54, 1.807) is 56.5 Å². The monoisotopic (exact) mass is 305 g/mol. The third-order valence-corrected chi connectivity index (χ3v) is 5.30. The number of rotatable bonds is 5. The second-order valence-electron chi connectivity index (χ2n) is 4.93. The molecular formula is C16H19NO3S. The van der Waals surface area contributed by atoms with Crippen LogP contribution in [-0.4, -0.2) is 21.3 Å². The Labute approximate surface area is 125 Å². The average molecular weight is 305 g/mol. The fraction of sp³-hybridized carbons (Fsp3) is 0.250. The summed E-state index contributed by atoms with van der Waals surface area (Å²) in [6.07, 6.45) is 0. The van der Waals surface area contributed by atoms with Crippen LogP contribution in [0.3, 0.4) is 0 Å². The Bertz CT molecular complexity index is 709. The minimum atomic E-state index is -3.41. The standard InChI is InChI=1S/C16H19NO3S/c1-12-5-3-4-6-16(12)21(18,19)11-15(17)13-7-9-14(20-2)10-8-13/h3-10,15H,11,17H2,1-2H3. The molecule has 0 amide bonds. The van der Waals surface area contributed by atoms with Crippen LogP contribution in [-0.2, 0) is 9.84 Å². The highest BCUT2D eigenvalue weighted by atomic mass is 32.2. The zero-order valence-corrected chi connectivity index (χ0v) is 12.9. The van der Waals surface area contributed by atoms with Gasteiger partial charge in [-0.25, -0.2) is 8.42 Å². The zero-order valence-electron chi connectivity index (χ0n) is 12.1. The fourth-order valence-corrected chi connectivity index (χ4v) is 3.87. The van der Waals surface area contributed by atoms with Crippen LogP contribution in [0.25, 0.3) is 0 Å². The molecule has 0 radical (unpaired) electrons. The Hall–Kier alpha value is -1.85. The molecule has 0 spiro atoms. The summed E-state index contributed by atoms with van der Waals surface area (Å²) in [5, 5.41) is 0. The summed E-state index contributed by atoms with van der Waals surface area (Å²) in [5.74, 6) is 0.595. The Morgan fingerprint density at radius 3 is 2.29 bits per heavy atom. The molecule has 0 aliphatic rings. The van der Waals surface area contributed by atoms with Crippen molar-refractivity contribution in [3.05, 3.63) is 59.7 Å². The van der Waals surface area contributed by atoms with Crippen LogP contribution in [0, 0.1) is 6.92 Å². The first-order valence-corrected chi connectivity index (χ1v) is 8.27. The molecule has 0 saturated carbocycles. The number of nitrogens with two attached hydrogens (primary N) is 1. The van der Waals surface area contributed by atoms with Gasteiger partial charge in [-0.3, -0.25) is 0 Å². The molecule has 0 aliphatic carbocycles. The lowest BCUT2D eigenvalue weighted by atomic mass is 10.1. The van der Waals surface area contributed by atoms with Gasteiger partial charge in [0.2, 0.25) is 0 Å². The van der Waals surface area contributed by atoms with Crippen molar-refractivity contribution in [2.75, 3.05) is 12.9 Å². The maximum Gasteiger partial charge on any atom is 0.180 e. The largest absolute Gasteiger partial charge is 0.497 e. The van der Waals surface area contributed by atoms with Crippen molar-refractivity contribution in [2.45, 2.75) is 17.9 Å². The van der Waals surface area contributed by atoms with Crippen molar-refractivity contribution < 1.29 is 13.2 Å². The van der Waals surface area contributed by atoms with E-state index in [9.17, 15) is 8.42 Å². The lowest BCUT2D eigenvalue weighted by Crippen LogP contribution is -2.22. The molecule has 21 heavy (non-hydrogen) atoms. The lowest BCUT2D eigenvalue weighted by molar-refractivity contribution is 0.414. The van der Waals surface area contributed by atoms with Crippen molar-refractivity contribution in [3.8, 4) is 5.75 Å². The number of aryl methyl sites for hydroxylation is 1. The van der Waals surface area contributed by atoms with E-state index in [1.807, 2.05) is 6.07 Å². The van der Waals surface area contributed by atoms with Gasteiger partial charge in [0, 0.05) is 6.04 Å². The molecule has 0 heterocycles. The first kappa shape index (κ1) is 15.5. The lowest BCUT2D eigenvalue weighted by Gasteiger charge is -2.14. The van der Waals surface area contributed by atoms with E-state index < -0.39 is 15.9 Å². The minimum Gasteiger partial charge on any atom is -0.497 e. The Balaban J connectivity index is 2.21. The van der Waals surface area contributed by atoms with E-state index in [0.29, 0.717) is 10.6 Å². The minimum absolute atomic E-state index is 0.121. The molecule has 2 aromatic rings. The maximum atomic E-state index is 12.5. The summed E-state index contributed by atoms with van der Waals surface area (Å²) in [5.41, 5.74) is 7.55. The van der Waals surface area contributed by atoms with Crippen LogP contribution in [0.1, 0.15) is 17.2 Å². The molecule has 2 N–H and O–H groups in total. The predicted octanol–water partition coefficient (Wildman–Crippen LogP) is 2.48. The molecule has 4 nitrogen and oxygen atoms in total. The molecule has 0 saturated heterocycles. The van der Waals surface area contributed by atoms with Gasteiger partial charge in [-0.05, 0) is 36.2 Å². The summed E-state index contributed by atoms with van der Waals surface area (Å²) in [4.78, 5) is 0.342. The quantitative estimate of drug-likeness (QED) is 0.921. The molecular weight excluding hydrogens is 286 g/mol. The van der Waals surface area contributed by atoms with Crippen molar-refractivity contribution in [1.29, 1.82) is 0 Å². The molecule has 0 fully saturated rings. The summed E-state index contributed by atoms with van der Waals surface area (Å²) in [6.45, 7) is 1.78. The van der Waals surface area contributed by atoms with Crippen LogP contribution < -0.4 is 10.5 Å². The number of hydrogen-bond acceptors (Lipinski definition) is 4. The molecule has 1 atom stereocenters. The molecule has 0 aliphatic heterocycles. The van der Waals surface area contributed by atoms with E-state index in [-0.39, 0.29) is 5.75 Å². The van der Waals surface area contributed by atoms with Crippen LogP contribution in [0.5, 0.6) is 5.75 Å². The Morgan fingerprint density at radius 2 is 1.71 bits per heavy atom. The van der Waals surface area contributed by atoms with Crippen LogP contribution in [0.15, 0.2) is 53.4 Å². The fourth-order valence-electron chi connectivity index (χ4n) is 2.18. The number of ether oxygens (including phenoxy) is 1. The summed E-state index contributed by atoms with van der Waals surface area (Å²) in [7, 11) is -1.83. The predicted molar refractivity (Wildman–Crippen MR) is 83.2 cm³/mol. The molecule has 1 unspecified atom stereocenters. The number of sulfone groups is 1. The van der Waals surface area contributed by atoms with Gasteiger partial charge < -0.3 is 10.5 Å². The highest BCUT2D eigenvalue weighted by molar-refractivity contribution is 7.91. The first-order valence-electron chi connectivity index (χ1n) is 6.62. The van der Waals surface area contributed by atoms with E-state index >= 15 is 0 Å². The van der Waals surface area contributed by atoms with E-state index in [4.69, 9.17) is 10.5 Å². The second kappa shape index (κ2) is 6.28. The molecule has 0 bridgehead atoms. The Morgan fingerprint density at radius 1 is 1.10 bits per heavy atom. The molecule has 5 heteroatoms. The van der Waals surface area contributed by atoms with Crippen LogP contribution >= 0.6 is 0 Å². The summed E-state index contributed by atoms with van der Waals surface area (Å²) < 4.78 is 30.0. The highest BCUT2D eigenvalue weighted by Crippen LogP contribution is 2.22. The maximum absolute atomic E-state index is 12.5. The number of benzene rings is 2. The van der Waals surface area contributed by atoms with Gasteiger partial charge in [0.25, 0.3) is 0 Å². The van der Waals surface area contributed by atoms with Gasteiger partial charge in [-0.1, -0.05) is 30.3 Å². The Kier molecular flexibility index (Phi) is 4.65. The van der Waals surface area contributed by atoms with Crippen molar-refractivity contribution in [1.82, 2.24) is 0 Å². The van der Waals surface area contributed by atoms with Crippen LogP contribution in [0.4, 0.5) is 0 Å². The van der Waals surface area contributed by atoms with Crippen molar-refractivity contribution in [2.24, 2.45) is 5.73 Å². The van der Waals surface area contributed by atoms with Crippen molar-refractivity contribution >= 4 is 9.84 Å². The third kappa shape index (κ3) is 3.62. The van der Waals surface area contributed by atoms with Gasteiger partial charge in [0.15, 0.2) is 9.84 Å². The topological polar surface area (TPSA) is 69.4 Å². The smallest absolute Gasteiger partial charge is 0.180 e. The molecule has 0 aromatic heterocycles. The number of hydrogen-bond donors (Lipinski definition) is 1. The van der Waals surface area contributed by atoms with E-state index in [0.717, 1.165) is 11.1 Å². The SMILES string of the molecule is COc1ccc(C(N)CS(=O)(=O)c2ccccc2C)cc1. The summed E-state index contributed by atoms with van der Waals surface area (Å²) in [6, 6.07) is 13.5. The van der Waals surface area contributed by atoms with E-state index in [2.05, 4.69) is 0 Å². The third-order valence-electron chi connectivity index (χ3n) is 3.37. The van der Waals surface area contributed by atoms with Gasteiger partial charge in [0.05, 0.1) is 17.8 Å². The molecule has 112 valence electrons. The molecule has 2 aromatic carbocycles. The first-order chi connectivity index (χ1) is 9.94. The van der Waals surface area contributed by atoms with Gasteiger partial charge >= 0.3 is 0 Å². The highest BCUT2D eigenvalue weighted by Gasteiger charge is 2.21. The van der Waals surface area contributed by atoms with Gasteiger partial charge in [-0.15, -0.1) is 0 Å². The van der Waals surface area contributed by atoms with Crippen LogP contribution in [0.2, 0.25) is 0 Å². The summed E-state index contributed by atoms with van der Waals surface area (Å²) >= 11 is 0.